The molecular formula is C17H23ClN4O2S. The van der Waals surface area contributed by atoms with Crippen LogP contribution in [0.1, 0.15) is 17.3 Å². The highest BCUT2D eigenvalue weighted by Gasteiger charge is 2.27. The number of nitrogens with zero attached hydrogens (tertiary/aromatic N) is 2. The Kier molecular flexibility index (Phi) is 7.19. The number of carbonyl (C=O) groups excluding carboxylic acids is 1. The third-order valence-electron chi connectivity index (χ3n) is 4.06. The highest BCUT2D eigenvalue weighted by atomic mass is 35.5. The molecule has 1 aromatic heterocycles. The van der Waals surface area contributed by atoms with Gasteiger partial charge in [-0.25, -0.2) is 4.98 Å². The Bertz CT molecular complexity index is 709. The molecule has 1 aliphatic heterocycles. The lowest BCUT2D eigenvalue weighted by Crippen LogP contribution is -2.48. The smallest absolute Gasteiger partial charge is 0.240 e. The van der Waals surface area contributed by atoms with Crippen LogP contribution < -0.4 is 15.4 Å². The van der Waals surface area contributed by atoms with Crippen molar-refractivity contribution in [2.45, 2.75) is 13.0 Å². The van der Waals surface area contributed by atoms with Crippen molar-refractivity contribution in [3.05, 3.63) is 40.9 Å². The topological polar surface area (TPSA) is 66.5 Å². The number of aryl methyl sites for hydroxylation is 1. The summed E-state index contributed by atoms with van der Waals surface area (Å²) in [5.74, 6) is 0.818. The van der Waals surface area contributed by atoms with Gasteiger partial charge in [-0.15, -0.1) is 23.7 Å². The number of aromatic nitrogens is 1. The Morgan fingerprint density at radius 2 is 2.28 bits per heavy atom. The van der Waals surface area contributed by atoms with Crippen LogP contribution in [-0.2, 0) is 4.79 Å². The van der Waals surface area contributed by atoms with Crippen LogP contribution in [0.3, 0.4) is 0 Å². The van der Waals surface area contributed by atoms with Crippen LogP contribution in [-0.4, -0.2) is 49.1 Å². The zero-order valence-corrected chi connectivity index (χ0v) is 16.0. The van der Waals surface area contributed by atoms with E-state index in [4.69, 9.17) is 4.74 Å². The third kappa shape index (κ3) is 4.92. The lowest BCUT2D eigenvalue weighted by Gasteiger charge is -2.36. The van der Waals surface area contributed by atoms with E-state index in [0.717, 1.165) is 36.6 Å². The van der Waals surface area contributed by atoms with Crippen LogP contribution in [0.5, 0.6) is 5.75 Å². The van der Waals surface area contributed by atoms with Gasteiger partial charge in [-0.2, -0.15) is 0 Å². The number of methoxy groups -OCH3 is 1. The van der Waals surface area contributed by atoms with Crippen LogP contribution in [0.4, 0.5) is 5.13 Å². The average molecular weight is 383 g/mol. The van der Waals surface area contributed by atoms with Gasteiger partial charge in [-0.1, -0.05) is 18.2 Å². The monoisotopic (exact) mass is 382 g/mol. The van der Waals surface area contributed by atoms with E-state index >= 15 is 0 Å². The Morgan fingerprint density at radius 1 is 1.48 bits per heavy atom. The number of hydrogen-bond donors (Lipinski definition) is 2. The van der Waals surface area contributed by atoms with Gasteiger partial charge >= 0.3 is 0 Å². The zero-order chi connectivity index (χ0) is 16.9. The first kappa shape index (κ1) is 19.7. The molecule has 1 aromatic carbocycles. The number of hydrogen-bond acceptors (Lipinski definition) is 6. The van der Waals surface area contributed by atoms with Crippen molar-refractivity contribution in [1.82, 2.24) is 15.2 Å². The lowest BCUT2D eigenvalue weighted by molar-refractivity contribution is -0.118. The largest absolute Gasteiger partial charge is 0.496 e. The van der Waals surface area contributed by atoms with Gasteiger partial charge in [-0.3, -0.25) is 9.69 Å². The molecule has 25 heavy (non-hydrogen) atoms. The summed E-state index contributed by atoms with van der Waals surface area (Å²) in [5, 5.41) is 8.87. The van der Waals surface area contributed by atoms with Crippen molar-refractivity contribution in [2.75, 3.05) is 38.6 Å². The minimum Gasteiger partial charge on any atom is -0.496 e. The highest BCUT2D eigenvalue weighted by Crippen LogP contribution is 2.30. The first-order chi connectivity index (χ1) is 11.7. The van der Waals surface area contributed by atoms with Crippen LogP contribution in [0.2, 0.25) is 0 Å². The molecule has 136 valence electrons. The molecule has 1 amide bonds. The van der Waals surface area contributed by atoms with E-state index in [0.29, 0.717) is 11.7 Å². The lowest BCUT2D eigenvalue weighted by atomic mass is 10.0. The molecule has 6 nitrogen and oxygen atoms in total. The molecule has 0 saturated carbocycles. The van der Waals surface area contributed by atoms with Crippen LogP contribution in [0, 0.1) is 6.92 Å². The molecule has 1 fully saturated rings. The summed E-state index contributed by atoms with van der Waals surface area (Å²) in [6.45, 7) is 4.73. The van der Waals surface area contributed by atoms with Gasteiger partial charge in [0.1, 0.15) is 5.75 Å². The molecule has 2 heterocycles. The molecule has 2 aromatic rings. The summed E-state index contributed by atoms with van der Waals surface area (Å²) >= 11 is 1.45. The van der Waals surface area contributed by atoms with Crippen LogP contribution >= 0.6 is 23.7 Å². The minimum absolute atomic E-state index is 0. The minimum atomic E-state index is -0.0360. The maximum atomic E-state index is 12.4. The standard InChI is InChI=1S/C17H22N4O2S.ClH/c1-12-11-24-17(19-12)20-16(22)10-21-8-7-18-9-14(21)13-5-3-4-6-15(13)23-2;/h3-6,11,14,18H,7-10H2,1-2H3,(H,19,20,22);1H. The molecule has 0 aliphatic carbocycles. The molecule has 0 bridgehead atoms. The highest BCUT2D eigenvalue weighted by molar-refractivity contribution is 7.13. The van der Waals surface area contributed by atoms with E-state index < -0.39 is 0 Å². The zero-order valence-electron chi connectivity index (χ0n) is 14.3. The molecule has 8 heteroatoms. The van der Waals surface area contributed by atoms with E-state index in [9.17, 15) is 4.79 Å². The number of carbonyl (C=O) groups is 1. The SMILES string of the molecule is COc1ccccc1C1CNCCN1CC(=O)Nc1nc(C)cs1.Cl. The van der Waals surface area contributed by atoms with E-state index in [2.05, 4.69) is 26.6 Å². The summed E-state index contributed by atoms with van der Waals surface area (Å²) in [7, 11) is 1.68. The molecule has 1 saturated heterocycles. The normalized spacial score (nSPS) is 17.6. The predicted molar refractivity (Wildman–Crippen MR) is 103 cm³/mol. The van der Waals surface area contributed by atoms with Gasteiger partial charge in [0, 0.05) is 30.6 Å². The van der Waals surface area contributed by atoms with E-state index in [1.165, 1.54) is 11.3 Å². The third-order valence-corrected chi connectivity index (χ3v) is 4.94. The Balaban J connectivity index is 0.00000225. The van der Waals surface area contributed by atoms with Crippen molar-refractivity contribution >= 4 is 34.8 Å². The van der Waals surface area contributed by atoms with Gasteiger partial charge in [0.2, 0.25) is 5.91 Å². The van der Waals surface area contributed by atoms with Crippen molar-refractivity contribution < 1.29 is 9.53 Å². The first-order valence-electron chi connectivity index (χ1n) is 7.97. The number of ether oxygens (including phenoxy) is 1. The summed E-state index contributed by atoms with van der Waals surface area (Å²) in [4.78, 5) is 18.9. The molecule has 1 atom stereocenters. The van der Waals surface area contributed by atoms with Gasteiger partial charge in [0.05, 0.1) is 25.4 Å². The fourth-order valence-electron chi connectivity index (χ4n) is 2.94. The molecular weight excluding hydrogens is 360 g/mol. The molecule has 2 N–H and O–H groups in total. The summed E-state index contributed by atoms with van der Waals surface area (Å²) < 4.78 is 5.49. The van der Waals surface area contributed by atoms with Crippen molar-refractivity contribution in [3.63, 3.8) is 0 Å². The number of nitrogens with one attached hydrogen (secondary N) is 2. The molecule has 1 unspecified atom stereocenters. The molecule has 3 rings (SSSR count). The molecule has 1 aliphatic rings. The van der Waals surface area contributed by atoms with E-state index in [1.807, 2.05) is 30.5 Å². The number of piperazine rings is 1. The number of rotatable bonds is 5. The Hall–Kier alpha value is -1.67. The number of halogens is 1. The van der Waals surface area contributed by atoms with E-state index in [-0.39, 0.29) is 24.4 Å². The van der Waals surface area contributed by atoms with Crippen LogP contribution in [0.25, 0.3) is 0 Å². The summed E-state index contributed by atoms with van der Waals surface area (Å²) in [6, 6.07) is 8.09. The number of anilines is 1. The van der Waals surface area contributed by atoms with Crippen molar-refractivity contribution in [1.29, 1.82) is 0 Å². The van der Waals surface area contributed by atoms with Gasteiger partial charge in [-0.05, 0) is 13.0 Å². The second kappa shape index (κ2) is 9.15. The second-order valence-corrected chi connectivity index (χ2v) is 6.63. The fourth-order valence-corrected chi connectivity index (χ4v) is 3.64. The second-order valence-electron chi connectivity index (χ2n) is 5.77. The van der Waals surface area contributed by atoms with Gasteiger partial charge in [0.25, 0.3) is 0 Å². The van der Waals surface area contributed by atoms with Gasteiger partial charge < -0.3 is 15.4 Å². The first-order valence-corrected chi connectivity index (χ1v) is 8.85. The maximum Gasteiger partial charge on any atom is 0.240 e. The number of thiazole rings is 1. The summed E-state index contributed by atoms with van der Waals surface area (Å²) in [6.07, 6.45) is 0. The number of amides is 1. The fraction of sp³-hybridized carbons (Fsp3) is 0.412. The van der Waals surface area contributed by atoms with Crippen molar-refractivity contribution in [3.8, 4) is 5.75 Å². The quantitative estimate of drug-likeness (QED) is 0.831. The number of benzene rings is 1. The van der Waals surface area contributed by atoms with Crippen LogP contribution in [0.15, 0.2) is 29.6 Å². The maximum absolute atomic E-state index is 12.4. The Morgan fingerprint density at radius 3 is 3.00 bits per heavy atom. The average Bonchev–Trinajstić information content (AvgIpc) is 3.00. The number of para-hydroxylation sites is 1. The molecule has 0 spiro atoms. The van der Waals surface area contributed by atoms with Gasteiger partial charge in [0.15, 0.2) is 5.13 Å². The summed E-state index contributed by atoms with van der Waals surface area (Å²) in [5.41, 5.74) is 2.02. The Labute approximate surface area is 158 Å². The predicted octanol–water partition coefficient (Wildman–Crippen LogP) is 2.47. The molecule has 0 radical (unpaired) electrons. The van der Waals surface area contributed by atoms with E-state index in [1.54, 1.807) is 7.11 Å². The van der Waals surface area contributed by atoms with Crippen molar-refractivity contribution in [2.24, 2.45) is 0 Å².